The minimum Gasteiger partial charge on any atom is -0.493 e. The summed E-state index contributed by atoms with van der Waals surface area (Å²) in [5.74, 6) is 0.885. The monoisotopic (exact) mass is 483 g/mol. The molecule has 3 aromatic carbocycles. The van der Waals surface area contributed by atoms with Crippen LogP contribution in [0.15, 0.2) is 97.6 Å². The lowest BCUT2D eigenvalue weighted by Gasteiger charge is -2.44. The molecule has 0 radical (unpaired) electrons. The molecule has 0 saturated carbocycles. The number of nitrogens with zero attached hydrogens (tertiary/aromatic N) is 3. The van der Waals surface area contributed by atoms with Gasteiger partial charge in [-0.1, -0.05) is 72.3 Å². The van der Waals surface area contributed by atoms with Gasteiger partial charge in [0.05, 0.1) is 18.3 Å². The van der Waals surface area contributed by atoms with Gasteiger partial charge in [-0.2, -0.15) is 0 Å². The number of ether oxygens (including phenoxy) is 1. The van der Waals surface area contributed by atoms with Crippen molar-refractivity contribution in [3.05, 3.63) is 125 Å². The van der Waals surface area contributed by atoms with Crippen LogP contribution in [0.2, 0.25) is 5.02 Å². The van der Waals surface area contributed by atoms with Crippen LogP contribution in [0, 0.1) is 0 Å². The molecule has 1 aliphatic carbocycles. The van der Waals surface area contributed by atoms with Crippen molar-refractivity contribution in [2.75, 3.05) is 20.2 Å². The minimum atomic E-state index is -0.0808. The number of hydrogen-bond donors (Lipinski definition) is 0. The van der Waals surface area contributed by atoms with Crippen LogP contribution in [0.3, 0.4) is 0 Å². The molecule has 1 aliphatic rings. The number of hydrogen-bond acceptors (Lipinski definition) is 3. The summed E-state index contributed by atoms with van der Waals surface area (Å²) in [4.78, 5) is 6.51. The molecule has 1 unspecified atom stereocenters. The molecular weight excluding hydrogens is 454 g/mol. The lowest BCUT2D eigenvalue weighted by atomic mass is 9.64. The number of aromatic nitrogens is 2. The fraction of sp³-hybridized carbons (Fsp3) is 0.233. The van der Waals surface area contributed by atoms with Crippen molar-refractivity contribution in [2.45, 2.75) is 24.9 Å². The number of rotatable bonds is 10. The number of fused-ring (bicyclic) bond motifs is 1. The van der Waals surface area contributed by atoms with Gasteiger partial charge >= 0.3 is 0 Å². The molecule has 4 aromatic rings. The van der Waals surface area contributed by atoms with Crippen LogP contribution in [-0.2, 0) is 24.9 Å². The Bertz CT molecular complexity index is 1270. The maximum Gasteiger partial charge on any atom is 0.119 e. The highest BCUT2D eigenvalue weighted by molar-refractivity contribution is 6.30. The molecule has 0 bridgehead atoms. The third-order valence-electron chi connectivity index (χ3n) is 6.63. The van der Waals surface area contributed by atoms with Crippen molar-refractivity contribution < 1.29 is 4.74 Å². The van der Waals surface area contributed by atoms with Gasteiger partial charge in [-0.05, 0) is 60.0 Å². The minimum absolute atomic E-state index is 0.0808. The summed E-state index contributed by atoms with van der Waals surface area (Å²) >= 11 is 6.21. The van der Waals surface area contributed by atoms with Crippen LogP contribution in [-0.4, -0.2) is 34.7 Å². The van der Waals surface area contributed by atoms with Gasteiger partial charge in [-0.3, -0.25) is 4.90 Å². The molecule has 1 heterocycles. The van der Waals surface area contributed by atoms with E-state index in [-0.39, 0.29) is 5.41 Å². The predicted octanol–water partition coefficient (Wildman–Crippen LogP) is 6.25. The van der Waals surface area contributed by atoms with Gasteiger partial charge in [0, 0.05) is 37.1 Å². The molecule has 1 aromatic heterocycles. The van der Waals surface area contributed by atoms with Crippen LogP contribution in [0.25, 0.3) is 6.08 Å². The Kier molecular flexibility index (Phi) is 7.03. The van der Waals surface area contributed by atoms with Crippen molar-refractivity contribution in [3.63, 3.8) is 0 Å². The van der Waals surface area contributed by atoms with E-state index in [9.17, 15) is 0 Å². The largest absolute Gasteiger partial charge is 0.493 e. The molecule has 5 rings (SSSR count). The van der Waals surface area contributed by atoms with E-state index in [0.717, 1.165) is 36.8 Å². The third-order valence-corrected chi connectivity index (χ3v) is 6.86. The molecule has 5 heteroatoms. The van der Waals surface area contributed by atoms with Gasteiger partial charge in [0.2, 0.25) is 0 Å². The molecule has 0 N–H and O–H groups in total. The second-order valence-electron chi connectivity index (χ2n) is 9.44. The van der Waals surface area contributed by atoms with Gasteiger partial charge in [0.25, 0.3) is 0 Å². The quantitative estimate of drug-likeness (QED) is 0.267. The molecule has 0 saturated heterocycles. The predicted molar refractivity (Wildman–Crippen MR) is 143 cm³/mol. The van der Waals surface area contributed by atoms with Crippen LogP contribution in [0.4, 0.5) is 0 Å². The maximum absolute atomic E-state index is 6.31. The Labute approximate surface area is 212 Å². The van der Waals surface area contributed by atoms with Crippen LogP contribution >= 0.6 is 11.6 Å². The van der Waals surface area contributed by atoms with Crippen molar-refractivity contribution in [1.82, 2.24) is 14.5 Å². The van der Waals surface area contributed by atoms with Gasteiger partial charge in [0.1, 0.15) is 5.75 Å². The summed E-state index contributed by atoms with van der Waals surface area (Å²) in [6, 6.07) is 25.1. The summed E-state index contributed by atoms with van der Waals surface area (Å²) in [5.41, 5.74) is 5.03. The van der Waals surface area contributed by atoms with Crippen molar-refractivity contribution >= 4 is 17.7 Å². The summed E-state index contributed by atoms with van der Waals surface area (Å²) in [6.45, 7) is 3.28. The molecule has 35 heavy (non-hydrogen) atoms. The smallest absolute Gasteiger partial charge is 0.119 e. The Balaban J connectivity index is 1.18. The molecule has 1 atom stereocenters. The second kappa shape index (κ2) is 10.5. The van der Waals surface area contributed by atoms with Crippen LogP contribution in [0.5, 0.6) is 5.75 Å². The summed E-state index contributed by atoms with van der Waals surface area (Å²) in [7, 11) is 2.14. The van der Waals surface area contributed by atoms with Crippen LogP contribution < -0.4 is 4.74 Å². The first-order valence-corrected chi connectivity index (χ1v) is 12.3. The Morgan fingerprint density at radius 1 is 1.09 bits per heavy atom. The Morgan fingerprint density at radius 3 is 2.66 bits per heavy atom. The molecule has 178 valence electrons. The SMILES string of the molecule is CN(C/C=C/c1ccc(OCC2(Cn3ccnc3)Cc3cc(Cl)ccc32)cc1)Cc1ccccc1. The standard InChI is InChI=1S/C30H30ClN3O/c1-33(20-25-6-3-2-4-7-25)16-5-8-24-9-12-28(13-10-24)35-22-30(21-34-17-15-32-23-34)19-26-18-27(31)11-14-29(26)30/h2-15,17-18,23H,16,19-22H2,1H3/b8-5+. The van der Waals surface area contributed by atoms with E-state index in [2.05, 4.69) is 100 Å². The zero-order valence-electron chi connectivity index (χ0n) is 20.0. The number of likely N-dealkylation sites (N-methyl/N-ethyl adjacent to an activating group) is 1. The maximum atomic E-state index is 6.31. The lowest BCUT2D eigenvalue weighted by Crippen LogP contribution is -2.47. The first-order valence-electron chi connectivity index (χ1n) is 12.0. The van der Waals surface area contributed by atoms with E-state index in [1.807, 2.05) is 24.8 Å². The molecule has 0 fully saturated rings. The van der Waals surface area contributed by atoms with Crippen molar-refractivity contribution in [3.8, 4) is 5.75 Å². The molecule has 0 amide bonds. The topological polar surface area (TPSA) is 30.3 Å². The first kappa shape index (κ1) is 23.4. The average Bonchev–Trinajstić information content (AvgIpc) is 3.36. The molecule has 0 aliphatic heterocycles. The summed E-state index contributed by atoms with van der Waals surface area (Å²) in [6.07, 6.45) is 11.0. The van der Waals surface area contributed by atoms with E-state index < -0.39 is 0 Å². The van der Waals surface area contributed by atoms with Gasteiger partial charge in [0.15, 0.2) is 0 Å². The number of benzene rings is 3. The molecular formula is C30H30ClN3O. The Hall–Kier alpha value is -3.34. The highest BCUT2D eigenvalue weighted by Gasteiger charge is 2.44. The van der Waals surface area contributed by atoms with Crippen LogP contribution in [0.1, 0.15) is 22.3 Å². The Morgan fingerprint density at radius 2 is 1.91 bits per heavy atom. The molecule has 0 spiro atoms. The number of imidazole rings is 1. The van der Waals surface area contributed by atoms with Gasteiger partial charge < -0.3 is 9.30 Å². The van der Waals surface area contributed by atoms with E-state index in [4.69, 9.17) is 16.3 Å². The van der Waals surface area contributed by atoms with E-state index in [1.165, 1.54) is 22.3 Å². The fourth-order valence-electron chi connectivity index (χ4n) is 4.85. The second-order valence-corrected chi connectivity index (χ2v) is 9.87. The zero-order valence-corrected chi connectivity index (χ0v) is 20.7. The number of halogens is 1. The molecule has 4 nitrogen and oxygen atoms in total. The third kappa shape index (κ3) is 5.67. The lowest BCUT2D eigenvalue weighted by molar-refractivity contribution is 0.171. The van der Waals surface area contributed by atoms with E-state index in [1.54, 1.807) is 0 Å². The summed E-state index contributed by atoms with van der Waals surface area (Å²) in [5, 5.41) is 0.788. The highest BCUT2D eigenvalue weighted by atomic mass is 35.5. The highest BCUT2D eigenvalue weighted by Crippen LogP contribution is 2.44. The summed E-state index contributed by atoms with van der Waals surface area (Å²) < 4.78 is 8.44. The normalized spacial score (nSPS) is 16.9. The average molecular weight is 484 g/mol. The first-order chi connectivity index (χ1) is 17.1. The van der Waals surface area contributed by atoms with E-state index >= 15 is 0 Å². The van der Waals surface area contributed by atoms with Crippen molar-refractivity contribution in [2.24, 2.45) is 0 Å². The zero-order chi connectivity index (χ0) is 24.1. The van der Waals surface area contributed by atoms with Gasteiger partial charge in [-0.15, -0.1) is 0 Å². The van der Waals surface area contributed by atoms with Crippen molar-refractivity contribution in [1.29, 1.82) is 0 Å². The van der Waals surface area contributed by atoms with Gasteiger partial charge in [-0.25, -0.2) is 4.98 Å². The van der Waals surface area contributed by atoms with E-state index in [0.29, 0.717) is 6.61 Å². The fourth-order valence-corrected chi connectivity index (χ4v) is 5.04.